The lowest BCUT2D eigenvalue weighted by molar-refractivity contribution is 0.338. The van der Waals surface area contributed by atoms with Crippen LogP contribution in [0.3, 0.4) is 0 Å². The van der Waals surface area contributed by atoms with Crippen molar-refractivity contribution >= 4 is 34.4 Å². The number of nitrogens with one attached hydrogen (secondary N) is 2. The van der Waals surface area contributed by atoms with Crippen molar-refractivity contribution in [1.82, 2.24) is 14.8 Å². The Morgan fingerprint density at radius 3 is 2.56 bits per heavy atom. The molecule has 4 rings (SSSR count). The van der Waals surface area contributed by atoms with Crippen LogP contribution in [0.25, 0.3) is 10.9 Å². The normalized spacial score (nSPS) is 14.5. The number of pyridine rings is 1. The van der Waals surface area contributed by atoms with Crippen molar-refractivity contribution in [1.29, 1.82) is 5.26 Å². The number of H-pyrrole nitrogens is 1. The second-order valence-electron chi connectivity index (χ2n) is 6.42. The van der Waals surface area contributed by atoms with Gasteiger partial charge in [0.05, 0.1) is 11.6 Å². The van der Waals surface area contributed by atoms with Crippen LogP contribution in [0.1, 0.15) is 38.1 Å². The van der Waals surface area contributed by atoms with E-state index in [1.54, 1.807) is 6.20 Å². The van der Waals surface area contributed by atoms with Gasteiger partial charge in [-0.25, -0.2) is 5.26 Å². The number of hydrogen-bond donors (Lipinski definition) is 3. The van der Waals surface area contributed by atoms with E-state index in [4.69, 9.17) is 15.5 Å². The molecular weight excluding hydrogens is 360 g/mol. The maximum atomic E-state index is 12.4. The topological polar surface area (TPSA) is 113 Å². The highest BCUT2D eigenvalue weighted by atomic mass is 32.2. The monoisotopic (exact) mass is 382 g/mol. The molecule has 7 nitrogen and oxygen atoms in total. The number of anilines is 2. The molecule has 0 atom stereocenters. The largest absolute Gasteiger partial charge is 0.338 e. The Morgan fingerprint density at radius 2 is 1.89 bits per heavy atom. The number of rotatable bonds is 4. The van der Waals surface area contributed by atoms with Crippen molar-refractivity contribution in [2.75, 3.05) is 5.32 Å². The van der Waals surface area contributed by atoms with Gasteiger partial charge in [0, 0.05) is 23.4 Å². The van der Waals surface area contributed by atoms with Crippen molar-refractivity contribution in [3.8, 4) is 6.57 Å². The summed E-state index contributed by atoms with van der Waals surface area (Å²) in [6.07, 6.45) is 7.65. The highest BCUT2D eigenvalue weighted by molar-refractivity contribution is 7.97. The molecule has 140 valence electrons. The second kappa shape index (κ2) is 8.75. The Hall–Kier alpha value is -2.76. The Labute approximate surface area is 161 Å². The molecule has 0 bridgehead atoms. The molecule has 27 heavy (non-hydrogen) atoms. The molecule has 0 unspecified atom stereocenters. The van der Waals surface area contributed by atoms with E-state index in [-0.39, 0.29) is 5.56 Å². The van der Waals surface area contributed by atoms with Crippen LogP contribution in [0.15, 0.2) is 46.2 Å². The summed E-state index contributed by atoms with van der Waals surface area (Å²) in [6, 6.07) is 10.1. The molecule has 0 radical (unpaired) electrons. The fourth-order valence-electron chi connectivity index (χ4n) is 3.54. The van der Waals surface area contributed by atoms with Crippen LogP contribution >= 0.6 is 11.9 Å². The van der Waals surface area contributed by atoms with Crippen LogP contribution < -0.4 is 16.0 Å². The minimum atomic E-state index is -0.115. The summed E-state index contributed by atoms with van der Waals surface area (Å²) < 4.78 is 2.04. The molecule has 1 aromatic carbocycles. The zero-order valence-corrected chi connectivity index (χ0v) is 15.7. The maximum Gasteiger partial charge on any atom is 0.261 e. The van der Waals surface area contributed by atoms with E-state index in [2.05, 4.69) is 16.9 Å². The van der Waals surface area contributed by atoms with Crippen LogP contribution in [0, 0.1) is 11.8 Å². The number of nitrogens with zero attached hydrogens (tertiary/aromatic N) is 3. The zero-order chi connectivity index (χ0) is 19.2. The highest BCUT2D eigenvalue weighted by Gasteiger charge is 2.21. The van der Waals surface area contributed by atoms with Gasteiger partial charge in [0.15, 0.2) is 5.82 Å². The molecule has 1 aliphatic carbocycles. The van der Waals surface area contributed by atoms with Gasteiger partial charge in [-0.3, -0.25) is 14.6 Å². The molecule has 0 amide bonds. The molecule has 8 heteroatoms. The van der Waals surface area contributed by atoms with Crippen LogP contribution in [0.5, 0.6) is 0 Å². The number of nitrogens with two attached hydrogens (primary N) is 1. The van der Waals surface area contributed by atoms with Crippen molar-refractivity contribution in [2.45, 2.75) is 43.0 Å². The number of nitriles is 1. The zero-order valence-electron chi connectivity index (χ0n) is 14.9. The van der Waals surface area contributed by atoms with Crippen LogP contribution in [-0.2, 0) is 0 Å². The fraction of sp³-hybridized carbons (Fsp3) is 0.316. The number of hydrogen-bond acceptors (Lipinski definition) is 6. The smallest absolute Gasteiger partial charge is 0.261 e. The molecule has 2 aromatic heterocycles. The minimum absolute atomic E-state index is 0.115. The molecule has 3 aromatic rings. The standard InChI is InChI=1S/C18H21N5OS.CHN/c19-25-14-8-6-12(7-9-14)21-17-16-15(10-11-20-18(16)24)23(22-17)13-4-2-1-3-5-13;1-2/h6-11,13H,1-5,19H2,(H,20,24)(H,21,22);1H. The second-order valence-corrected chi connectivity index (χ2v) is 7.13. The third-order valence-electron chi connectivity index (χ3n) is 4.80. The highest BCUT2D eigenvalue weighted by Crippen LogP contribution is 2.32. The average Bonchev–Trinajstić information content (AvgIpc) is 3.10. The van der Waals surface area contributed by atoms with Gasteiger partial charge in [-0.2, -0.15) is 5.10 Å². The number of aromatic amines is 1. The van der Waals surface area contributed by atoms with Gasteiger partial charge in [-0.1, -0.05) is 19.3 Å². The van der Waals surface area contributed by atoms with Crippen molar-refractivity contribution in [3.05, 3.63) is 46.9 Å². The predicted octanol–water partition coefficient (Wildman–Crippen LogP) is 4.08. The third-order valence-corrected chi connectivity index (χ3v) is 5.35. The summed E-state index contributed by atoms with van der Waals surface area (Å²) in [7, 11) is 0. The number of benzene rings is 1. The predicted molar refractivity (Wildman–Crippen MR) is 109 cm³/mol. The van der Waals surface area contributed by atoms with E-state index in [0.717, 1.165) is 28.9 Å². The van der Waals surface area contributed by atoms with Gasteiger partial charge in [-0.15, -0.1) is 0 Å². The first-order chi connectivity index (χ1) is 13.3. The molecular formula is C19H22N6OS. The molecule has 0 aliphatic heterocycles. The van der Waals surface area contributed by atoms with E-state index in [0.29, 0.717) is 17.2 Å². The van der Waals surface area contributed by atoms with E-state index in [1.165, 1.54) is 31.2 Å². The van der Waals surface area contributed by atoms with Gasteiger partial charge < -0.3 is 10.3 Å². The lowest BCUT2D eigenvalue weighted by atomic mass is 9.95. The molecule has 4 N–H and O–H groups in total. The maximum absolute atomic E-state index is 12.4. The quantitative estimate of drug-likeness (QED) is 0.586. The summed E-state index contributed by atoms with van der Waals surface area (Å²) in [5.74, 6) is 0.607. The lowest BCUT2D eigenvalue weighted by Gasteiger charge is -2.22. The van der Waals surface area contributed by atoms with E-state index >= 15 is 0 Å². The summed E-state index contributed by atoms with van der Waals surface area (Å²) in [4.78, 5) is 16.2. The van der Waals surface area contributed by atoms with Gasteiger partial charge in [-0.05, 0) is 55.1 Å². The van der Waals surface area contributed by atoms with Crippen molar-refractivity contribution < 1.29 is 0 Å². The first-order valence-corrected chi connectivity index (χ1v) is 9.74. The fourth-order valence-corrected chi connectivity index (χ4v) is 3.84. The van der Waals surface area contributed by atoms with E-state index < -0.39 is 0 Å². The minimum Gasteiger partial charge on any atom is -0.338 e. The number of aromatic nitrogens is 3. The summed E-state index contributed by atoms with van der Waals surface area (Å²) in [5, 5.41) is 20.7. The van der Waals surface area contributed by atoms with Crippen molar-refractivity contribution in [2.24, 2.45) is 5.14 Å². The van der Waals surface area contributed by atoms with Gasteiger partial charge >= 0.3 is 0 Å². The molecule has 2 heterocycles. The van der Waals surface area contributed by atoms with Crippen LogP contribution in [0.2, 0.25) is 0 Å². The van der Waals surface area contributed by atoms with Crippen LogP contribution in [0.4, 0.5) is 11.5 Å². The summed E-state index contributed by atoms with van der Waals surface area (Å²) in [5.41, 5.74) is 1.67. The Bertz CT molecular complexity index is 969. The average molecular weight is 382 g/mol. The molecule has 1 saturated carbocycles. The SMILES string of the molecule is C#N.NSc1ccc(Nc2nn(C3CCCCC3)c3cc[nH]c(=O)c23)cc1. The first kappa shape index (κ1) is 19.0. The number of fused-ring (bicyclic) bond motifs is 1. The third kappa shape index (κ3) is 3.99. The molecule has 1 aliphatic rings. The lowest BCUT2D eigenvalue weighted by Crippen LogP contribution is -2.14. The Balaban J connectivity index is 0.00000102. The van der Waals surface area contributed by atoms with Gasteiger partial charge in [0.1, 0.15) is 5.39 Å². The van der Waals surface area contributed by atoms with Gasteiger partial charge in [0.25, 0.3) is 5.56 Å². The van der Waals surface area contributed by atoms with E-state index in [9.17, 15) is 4.79 Å². The summed E-state index contributed by atoms with van der Waals surface area (Å²) in [6.45, 7) is 3.50. The van der Waals surface area contributed by atoms with Crippen molar-refractivity contribution in [3.63, 3.8) is 0 Å². The van der Waals surface area contributed by atoms with Crippen LogP contribution in [-0.4, -0.2) is 14.8 Å². The molecule has 0 saturated heterocycles. The van der Waals surface area contributed by atoms with Gasteiger partial charge in [0.2, 0.25) is 0 Å². The van der Waals surface area contributed by atoms with E-state index in [1.807, 2.05) is 35.0 Å². The Kier molecular flexibility index (Phi) is 6.16. The Morgan fingerprint density at radius 1 is 1.19 bits per heavy atom. The molecule has 1 fully saturated rings. The first-order valence-electron chi connectivity index (χ1n) is 8.86. The molecule has 0 spiro atoms. The summed E-state index contributed by atoms with van der Waals surface area (Å²) >= 11 is 1.21.